The Balaban J connectivity index is 1.51. The molecule has 0 radical (unpaired) electrons. The maximum atomic E-state index is 12.8. The van der Waals surface area contributed by atoms with E-state index in [1.165, 1.54) is 0 Å². The first-order valence-corrected chi connectivity index (χ1v) is 12.4. The lowest BCUT2D eigenvalue weighted by atomic mass is 10.1. The van der Waals surface area contributed by atoms with Crippen molar-refractivity contribution in [3.8, 4) is 0 Å². The van der Waals surface area contributed by atoms with Crippen LogP contribution >= 0.6 is 11.3 Å². The molecule has 0 atom stereocenters. The van der Waals surface area contributed by atoms with Crippen LogP contribution in [0, 0.1) is 6.92 Å². The summed E-state index contributed by atoms with van der Waals surface area (Å²) in [7, 11) is -3.73. The van der Waals surface area contributed by atoms with Crippen molar-refractivity contribution < 1.29 is 13.2 Å². The Morgan fingerprint density at radius 3 is 2.53 bits per heavy atom. The predicted molar refractivity (Wildman–Crippen MR) is 121 cm³/mol. The van der Waals surface area contributed by atoms with Crippen molar-refractivity contribution in [2.75, 3.05) is 26.2 Å². The van der Waals surface area contributed by atoms with Crippen molar-refractivity contribution in [3.63, 3.8) is 0 Å². The molecule has 158 valence electrons. The van der Waals surface area contributed by atoms with E-state index in [1.807, 2.05) is 64.7 Å². The molecule has 4 rings (SSSR count). The number of hydrogen-bond acceptors (Lipinski definition) is 5. The van der Waals surface area contributed by atoms with Gasteiger partial charge in [0.2, 0.25) is 5.91 Å². The highest BCUT2D eigenvalue weighted by atomic mass is 32.2. The van der Waals surface area contributed by atoms with E-state index >= 15 is 0 Å². The molecule has 2 aromatic rings. The van der Waals surface area contributed by atoms with Gasteiger partial charge in [0.05, 0.1) is 6.42 Å². The van der Waals surface area contributed by atoms with Gasteiger partial charge in [0.25, 0.3) is 10.0 Å². The Morgan fingerprint density at radius 1 is 1.07 bits per heavy atom. The predicted octanol–water partition coefficient (Wildman–Crippen LogP) is 3.31. The average Bonchev–Trinajstić information content (AvgIpc) is 3.19. The lowest BCUT2D eigenvalue weighted by Crippen LogP contribution is -2.38. The van der Waals surface area contributed by atoms with Gasteiger partial charge in [-0.3, -0.25) is 4.79 Å². The summed E-state index contributed by atoms with van der Waals surface area (Å²) in [6, 6.07) is 9.46. The molecule has 30 heavy (non-hydrogen) atoms. The molecule has 0 bridgehead atoms. The molecule has 1 amide bonds. The summed E-state index contributed by atoms with van der Waals surface area (Å²) in [5.41, 5.74) is 3.46. The van der Waals surface area contributed by atoms with E-state index in [4.69, 9.17) is 0 Å². The maximum Gasteiger partial charge on any atom is 0.285 e. The molecule has 0 saturated carbocycles. The van der Waals surface area contributed by atoms with Crippen LogP contribution in [0.15, 0.2) is 51.1 Å². The van der Waals surface area contributed by atoms with E-state index in [9.17, 15) is 13.2 Å². The number of amides is 1. The average molecular weight is 444 g/mol. The van der Waals surface area contributed by atoms with E-state index in [0.29, 0.717) is 49.6 Å². The highest BCUT2D eigenvalue weighted by molar-refractivity contribution is 8.00. The fraction of sp³-hybridized carbons (Fsp3) is 0.364. The number of amidine groups is 1. The Morgan fingerprint density at radius 2 is 1.83 bits per heavy atom. The van der Waals surface area contributed by atoms with E-state index in [1.54, 1.807) is 11.3 Å². The molecule has 1 fully saturated rings. The summed E-state index contributed by atoms with van der Waals surface area (Å²) in [5.74, 6) is 0.626. The molecule has 0 unspecified atom stereocenters. The number of carbonyl (C=O) groups excluding carboxylic acids is 1. The number of sulfonamides is 1. The number of thiophene rings is 1. The molecule has 6 nitrogen and oxygen atoms in total. The first-order valence-electron chi connectivity index (χ1n) is 10.0. The lowest BCUT2D eigenvalue weighted by Gasteiger charge is -2.23. The fourth-order valence-electron chi connectivity index (χ4n) is 3.95. The second kappa shape index (κ2) is 8.35. The number of hydrogen-bond donors (Lipinski definition) is 0. The van der Waals surface area contributed by atoms with Gasteiger partial charge in [0.1, 0.15) is 10.7 Å². The Hall–Kier alpha value is -2.45. The number of rotatable bonds is 3. The van der Waals surface area contributed by atoms with Crippen LogP contribution in [0.5, 0.6) is 0 Å². The number of carbonyl (C=O) groups is 1. The summed E-state index contributed by atoms with van der Waals surface area (Å²) in [6.07, 6.45) is 1.19. The van der Waals surface area contributed by atoms with Gasteiger partial charge < -0.3 is 9.80 Å². The zero-order chi connectivity index (χ0) is 21.3. The van der Waals surface area contributed by atoms with Crippen molar-refractivity contribution in [1.29, 1.82) is 0 Å². The molecule has 1 aromatic carbocycles. The summed E-state index contributed by atoms with van der Waals surface area (Å²) in [5, 5.41) is 3.98. The quantitative estimate of drug-likeness (QED) is 0.730. The minimum atomic E-state index is -3.73. The van der Waals surface area contributed by atoms with E-state index in [-0.39, 0.29) is 10.8 Å². The Kier molecular flexibility index (Phi) is 5.79. The van der Waals surface area contributed by atoms with Gasteiger partial charge in [-0.1, -0.05) is 29.8 Å². The highest BCUT2D eigenvalue weighted by Crippen LogP contribution is 2.34. The molecule has 0 aliphatic carbocycles. The van der Waals surface area contributed by atoms with Crippen molar-refractivity contribution in [2.24, 2.45) is 4.40 Å². The number of aryl methyl sites for hydroxylation is 1. The third kappa shape index (κ3) is 4.20. The molecular formula is C22H25N3O3S2. The van der Waals surface area contributed by atoms with Crippen molar-refractivity contribution in [2.45, 2.75) is 26.7 Å². The second-order valence-electron chi connectivity index (χ2n) is 7.74. The van der Waals surface area contributed by atoms with Crippen LogP contribution in [0.25, 0.3) is 4.91 Å². The van der Waals surface area contributed by atoms with Crippen LogP contribution in [0.4, 0.5) is 0 Å². The van der Waals surface area contributed by atoms with Crippen molar-refractivity contribution >= 4 is 38.0 Å². The minimum absolute atomic E-state index is 0.115. The van der Waals surface area contributed by atoms with Gasteiger partial charge in [0, 0.05) is 31.8 Å². The molecule has 2 aliphatic heterocycles. The van der Waals surface area contributed by atoms with Gasteiger partial charge >= 0.3 is 0 Å². The van der Waals surface area contributed by atoms with Gasteiger partial charge in [-0.25, -0.2) is 0 Å². The van der Waals surface area contributed by atoms with Gasteiger partial charge in [-0.15, -0.1) is 4.40 Å². The summed E-state index contributed by atoms with van der Waals surface area (Å²) in [6.45, 7) is 6.28. The normalized spacial score (nSPS) is 19.1. The standard InChI is InChI=1S/C22H25N3O3S2/c1-16-4-6-19(7-5-16)21-17(2)22(23-30(21,27)28)25-10-3-9-24(11-12-25)20(26)14-18-8-13-29-15-18/h4-8,13,15H,3,9-12,14H2,1-2H3. The highest BCUT2D eigenvalue weighted by Gasteiger charge is 2.34. The molecular weight excluding hydrogens is 418 g/mol. The molecule has 1 aromatic heterocycles. The fourth-order valence-corrected chi connectivity index (χ4v) is 6.10. The molecule has 8 heteroatoms. The van der Waals surface area contributed by atoms with Crippen LogP contribution in [0.3, 0.4) is 0 Å². The van der Waals surface area contributed by atoms with Crippen LogP contribution in [-0.2, 0) is 21.2 Å². The smallest absolute Gasteiger partial charge is 0.285 e. The molecule has 0 spiro atoms. The lowest BCUT2D eigenvalue weighted by molar-refractivity contribution is -0.130. The molecule has 3 heterocycles. The van der Waals surface area contributed by atoms with Crippen molar-refractivity contribution in [1.82, 2.24) is 9.80 Å². The van der Waals surface area contributed by atoms with Gasteiger partial charge in [0.15, 0.2) is 0 Å². The van der Waals surface area contributed by atoms with Crippen LogP contribution < -0.4 is 0 Å². The zero-order valence-corrected chi connectivity index (χ0v) is 18.8. The zero-order valence-electron chi connectivity index (χ0n) is 17.2. The van der Waals surface area contributed by atoms with Gasteiger partial charge in [-0.2, -0.15) is 19.8 Å². The third-order valence-corrected chi connectivity index (χ3v) is 7.74. The summed E-state index contributed by atoms with van der Waals surface area (Å²) >= 11 is 1.59. The Bertz CT molecular complexity index is 1100. The summed E-state index contributed by atoms with van der Waals surface area (Å²) in [4.78, 5) is 16.8. The monoisotopic (exact) mass is 443 g/mol. The number of nitrogens with zero attached hydrogens (tertiary/aromatic N) is 3. The number of benzene rings is 1. The largest absolute Gasteiger partial charge is 0.354 e. The van der Waals surface area contributed by atoms with E-state index in [2.05, 4.69) is 4.40 Å². The van der Waals surface area contributed by atoms with Gasteiger partial charge in [-0.05, 0) is 48.2 Å². The van der Waals surface area contributed by atoms with Crippen molar-refractivity contribution in [3.05, 3.63) is 63.4 Å². The maximum absolute atomic E-state index is 12.8. The Labute approximate surface area is 181 Å². The topological polar surface area (TPSA) is 70.1 Å². The van der Waals surface area contributed by atoms with Crippen LogP contribution in [0.1, 0.15) is 30.0 Å². The minimum Gasteiger partial charge on any atom is -0.354 e. The van der Waals surface area contributed by atoms with E-state index in [0.717, 1.165) is 17.5 Å². The van der Waals surface area contributed by atoms with Crippen LogP contribution in [0.2, 0.25) is 0 Å². The third-order valence-electron chi connectivity index (χ3n) is 5.54. The SMILES string of the molecule is CC1=C(c2ccc(C)cc2)S(=O)(=O)N=C1N1CCCN(C(=O)Cc2ccsc2)CC1. The molecule has 1 saturated heterocycles. The molecule has 2 aliphatic rings. The first kappa shape index (κ1) is 20.8. The first-order chi connectivity index (χ1) is 14.3. The second-order valence-corrected chi connectivity index (χ2v) is 10.1. The van der Waals surface area contributed by atoms with E-state index < -0.39 is 10.0 Å². The summed E-state index contributed by atoms with van der Waals surface area (Å²) < 4.78 is 29.7. The van der Waals surface area contributed by atoms with Crippen LogP contribution in [-0.4, -0.2) is 56.1 Å². The molecule has 0 N–H and O–H groups in total.